The lowest BCUT2D eigenvalue weighted by Gasteiger charge is -2.45. The summed E-state index contributed by atoms with van der Waals surface area (Å²) in [5.74, 6) is 0.892. The summed E-state index contributed by atoms with van der Waals surface area (Å²) in [5, 5.41) is 20.6. The second-order valence-electron chi connectivity index (χ2n) is 7.26. The molecule has 130 valence electrons. The van der Waals surface area contributed by atoms with Crippen molar-refractivity contribution >= 4 is 5.95 Å². The first-order valence-electron chi connectivity index (χ1n) is 9.18. The number of anilines is 1. The zero-order valence-electron chi connectivity index (χ0n) is 14.4. The maximum atomic E-state index is 4.33. The Morgan fingerprint density at radius 2 is 1.88 bits per heavy atom. The van der Waals surface area contributed by atoms with Gasteiger partial charge in [-0.2, -0.15) is 0 Å². The smallest absolute Gasteiger partial charge is 0.245 e. The van der Waals surface area contributed by atoms with Crippen LogP contribution in [0, 0.1) is 5.41 Å². The number of nitrogens with zero attached hydrogens (tertiary/aromatic N) is 8. The molecule has 8 nitrogen and oxygen atoms in total. The highest BCUT2D eigenvalue weighted by atomic mass is 15.6. The van der Waals surface area contributed by atoms with Crippen molar-refractivity contribution in [1.29, 1.82) is 0 Å². The average Bonchev–Trinajstić information content (AvgIpc) is 3.25. The van der Waals surface area contributed by atoms with Crippen LogP contribution in [0.4, 0.5) is 5.95 Å². The number of aryl methyl sites for hydroxylation is 1. The fraction of sp³-hybridized carbons (Fsp3) is 0.812. The van der Waals surface area contributed by atoms with E-state index in [0.717, 1.165) is 31.3 Å². The van der Waals surface area contributed by atoms with Crippen LogP contribution in [0.1, 0.15) is 57.6 Å². The van der Waals surface area contributed by atoms with E-state index in [2.05, 4.69) is 37.7 Å². The molecule has 0 amide bonds. The van der Waals surface area contributed by atoms with E-state index in [-0.39, 0.29) is 0 Å². The topological polar surface area (TPSA) is 77.5 Å². The Morgan fingerprint density at radius 1 is 1.04 bits per heavy atom. The number of piperidine rings is 1. The standard InChI is InChI=1S/C16H26N8/c1-2-23-14(11-17-20-23)12-24-15(18-19-21-24)22-10-6-9-16(13-22)7-4-3-5-8-16/h11H,2-10,12-13H2,1H3. The quantitative estimate of drug-likeness (QED) is 0.852. The van der Waals surface area contributed by atoms with Crippen LogP contribution in [-0.2, 0) is 13.1 Å². The maximum absolute atomic E-state index is 4.33. The van der Waals surface area contributed by atoms with Crippen LogP contribution in [0.3, 0.4) is 0 Å². The lowest BCUT2D eigenvalue weighted by Crippen LogP contribution is -2.45. The predicted octanol–water partition coefficient (Wildman–Crippen LogP) is 1.88. The molecule has 3 heterocycles. The van der Waals surface area contributed by atoms with Crippen molar-refractivity contribution in [3.63, 3.8) is 0 Å². The van der Waals surface area contributed by atoms with Crippen molar-refractivity contribution in [3.8, 4) is 0 Å². The zero-order chi connectivity index (χ0) is 16.4. The fourth-order valence-electron chi connectivity index (χ4n) is 4.44. The van der Waals surface area contributed by atoms with Crippen LogP contribution in [0.15, 0.2) is 6.20 Å². The molecule has 1 aliphatic carbocycles. The van der Waals surface area contributed by atoms with Crippen LogP contribution in [0.2, 0.25) is 0 Å². The van der Waals surface area contributed by atoms with Crippen molar-refractivity contribution in [2.75, 3.05) is 18.0 Å². The highest BCUT2D eigenvalue weighted by Gasteiger charge is 2.37. The summed E-state index contributed by atoms with van der Waals surface area (Å²) >= 11 is 0. The van der Waals surface area contributed by atoms with E-state index in [0.29, 0.717) is 12.0 Å². The maximum Gasteiger partial charge on any atom is 0.245 e. The number of aromatic nitrogens is 7. The molecule has 8 heteroatoms. The van der Waals surface area contributed by atoms with E-state index in [1.165, 1.54) is 44.9 Å². The molecule has 0 radical (unpaired) electrons. The lowest BCUT2D eigenvalue weighted by molar-refractivity contribution is 0.154. The Labute approximate surface area is 142 Å². The summed E-state index contributed by atoms with van der Waals surface area (Å²) in [6.07, 6.45) is 11.3. The van der Waals surface area contributed by atoms with E-state index < -0.39 is 0 Å². The number of hydrogen-bond acceptors (Lipinski definition) is 6. The van der Waals surface area contributed by atoms with Crippen LogP contribution in [-0.4, -0.2) is 48.3 Å². The minimum absolute atomic E-state index is 0.486. The van der Waals surface area contributed by atoms with Gasteiger partial charge in [-0.25, -0.2) is 9.36 Å². The van der Waals surface area contributed by atoms with E-state index in [1.807, 2.05) is 9.36 Å². The molecule has 24 heavy (non-hydrogen) atoms. The second-order valence-corrected chi connectivity index (χ2v) is 7.26. The van der Waals surface area contributed by atoms with Gasteiger partial charge in [0.25, 0.3) is 0 Å². The summed E-state index contributed by atoms with van der Waals surface area (Å²) in [6.45, 7) is 5.63. The molecule has 0 unspecified atom stereocenters. The summed E-state index contributed by atoms with van der Waals surface area (Å²) in [4.78, 5) is 2.40. The van der Waals surface area contributed by atoms with Gasteiger partial charge in [0.2, 0.25) is 5.95 Å². The van der Waals surface area contributed by atoms with Crippen molar-refractivity contribution in [2.45, 2.75) is 65.0 Å². The van der Waals surface area contributed by atoms with Crippen LogP contribution < -0.4 is 4.90 Å². The van der Waals surface area contributed by atoms with Gasteiger partial charge in [-0.05, 0) is 48.4 Å². The van der Waals surface area contributed by atoms with Crippen molar-refractivity contribution in [2.24, 2.45) is 5.41 Å². The molecule has 4 rings (SSSR count). The highest BCUT2D eigenvalue weighted by molar-refractivity contribution is 5.30. The summed E-state index contributed by atoms with van der Waals surface area (Å²) < 4.78 is 3.79. The van der Waals surface area contributed by atoms with E-state index >= 15 is 0 Å². The highest BCUT2D eigenvalue weighted by Crippen LogP contribution is 2.43. The van der Waals surface area contributed by atoms with Crippen LogP contribution in [0.5, 0.6) is 0 Å². The first-order valence-corrected chi connectivity index (χ1v) is 9.18. The normalized spacial score (nSPS) is 20.6. The average molecular weight is 330 g/mol. The Bertz CT molecular complexity index is 664. The third kappa shape index (κ3) is 2.89. The fourth-order valence-corrected chi connectivity index (χ4v) is 4.44. The molecule has 0 bridgehead atoms. The summed E-state index contributed by atoms with van der Waals surface area (Å²) in [6, 6.07) is 0. The molecule has 1 saturated heterocycles. The van der Waals surface area contributed by atoms with Gasteiger partial charge in [0.1, 0.15) is 0 Å². The molecular weight excluding hydrogens is 304 g/mol. The Kier molecular flexibility index (Phi) is 4.20. The van der Waals surface area contributed by atoms with Gasteiger partial charge < -0.3 is 4.90 Å². The SMILES string of the molecule is CCn1nncc1Cn1nnnc1N1CCCC2(CCCCC2)C1. The Morgan fingerprint density at radius 3 is 2.71 bits per heavy atom. The van der Waals surface area contributed by atoms with Crippen molar-refractivity contribution in [3.05, 3.63) is 11.9 Å². The summed E-state index contributed by atoms with van der Waals surface area (Å²) in [7, 11) is 0. The molecule has 2 aromatic heterocycles. The van der Waals surface area contributed by atoms with Crippen molar-refractivity contribution in [1.82, 2.24) is 35.2 Å². The largest absolute Gasteiger partial charge is 0.339 e. The molecule has 1 saturated carbocycles. The molecule has 0 aromatic carbocycles. The lowest BCUT2D eigenvalue weighted by atomic mass is 9.69. The molecule has 2 aliphatic rings. The summed E-state index contributed by atoms with van der Waals surface area (Å²) in [5.41, 5.74) is 1.52. The first kappa shape index (κ1) is 15.5. The number of hydrogen-bond donors (Lipinski definition) is 0. The first-order chi connectivity index (χ1) is 11.8. The molecule has 0 N–H and O–H groups in total. The number of tetrazole rings is 1. The molecule has 0 atom stereocenters. The van der Waals surface area contributed by atoms with Gasteiger partial charge in [-0.15, -0.1) is 5.10 Å². The third-order valence-electron chi connectivity index (χ3n) is 5.68. The van der Waals surface area contributed by atoms with Gasteiger partial charge in [0.15, 0.2) is 0 Å². The van der Waals surface area contributed by atoms with E-state index in [4.69, 9.17) is 0 Å². The minimum Gasteiger partial charge on any atom is -0.339 e. The molecule has 2 fully saturated rings. The molecule has 1 spiro atoms. The van der Waals surface area contributed by atoms with Gasteiger partial charge in [-0.3, -0.25) is 0 Å². The van der Waals surface area contributed by atoms with Crippen molar-refractivity contribution < 1.29 is 0 Å². The predicted molar refractivity (Wildman–Crippen MR) is 89.6 cm³/mol. The monoisotopic (exact) mass is 330 g/mol. The Hall–Kier alpha value is -1.99. The van der Waals surface area contributed by atoms with Gasteiger partial charge in [0.05, 0.1) is 18.4 Å². The van der Waals surface area contributed by atoms with Gasteiger partial charge in [-0.1, -0.05) is 29.6 Å². The molecule has 1 aliphatic heterocycles. The third-order valence-corrected chi connectivity index (χ3v) is 5.68. The van der Waals surface area contributed by atoms with Crippen LogP contribution in [0.25, 0.3) is 0 Å². The number of rotatable bonds is 4. The van der Waals surface area contributed by atoms with E-state index in [1.54, 1.807) is 6.20 Å². The van der Waals surface area contributed by atoms with E-state index in [9.17, 15) is 0 Å². The Balaban J connectivity index is 1.53. The molecule has 2 aromatic rings. The van der Waals surface area contributed by atoms with Gasteiger partial charge in [0, 0.05) is 19.6 Å². The van der Waals surface area contributed by atoms with Crippen LogP contribution >= 0.6 is 0 Å². The minimum atomic E-state index is 0.486. The zero-order valence-corrected chi connectivity index (χ0v) is 14.4. The molecular formula is C16H26N8. The van der Waals surface area contributed by atoms with Gasteiger partial charge >= 0.3 is 0 Å². The second kappa shape index (κ2) is 6.49.